The van der Waals surface area contributed by atoms with Crippen molar-refractivity contribution in [1.29, 1.82) is 0 Å². The number of carbonyl (C=O) groups excluding carboxylic acids is 1. The zero-order valence-electron chi connectivity index (χ0n) is 13.0. The van der Waals surface area contributed by atoms with Crippen LogP contribution in [0.15, 0.2) is 18.2 Å². The van der Waals surface area contributed by atoms with Gasteiger partial charge in [-0.3, -0.25) is 4.79 Å². The minimum Gasteiger partial charge on any atom is -0.493 e. The minimum atomic E-state index is -1.10. The number of hydrogen-bond acceptors (Lipinski definition) is 4. The number of fused-ring (bicyclic) bond motifs is 1. The average Bonchev–Trinajstić information content (AvgIpc) is 2.46. The molecular formula is C17H19NO4. The van der Waals surface area contributed by atoms with Crippen LogP contribution in [-0.2, 0) is 0 Å². The Bertz CT molecular complexity index is 737. The Morgan fingerprint density at radius 3 is 2.55 bits per heavy atom. The fourth-order valence-corrected chi connectivity index (χ4v) is 2.39. The molecule has 2 rings (SSSR count). The summed E-state index contributed by atoms with van der Waals surface area (Å²) < 4.78 is 5.53. The molecule has 0 bridgehead atoms. The molecule has 2 aromatic rings. The van der Waals surface area contributed by atoms with E-state index in [4.69, 9.17) is 9.84 Å². The van der Waals surface area contributed by atoms with Gasteiger partial charge in [-0.2, -0.15) is 0 Å². The highest BCUT2D eigenvalue weighted by Gasteiger charge is 2.16. The number of carboxylic acids is 1. The third-order valence-corrected chi connectivity index (χ3v) is 3.41. The topological polar surface area (TPSA) is 76.5 Å². The van der Waals surface area contributed by atoms with Gasteiger partial charge in [0.05, 0.1) is 12.1 Å². The molecule has 1 aromatic carbocycles. The van der Waals surface area contributed by atoms with Crippen LogP contribution in [0.1, 0.15) is 53.1 Å². The molecule has 0 amide bonds. The third-order valence-electron chi connectivity index (χ3n) is 3.41. The van der Waals surface area contributed by atoms with Gasteiger partial charge in [0, 0.05) is 23.4 Å². The molecule has 0 aliphatic carbocycles. The summed E-state index contributed by atoms with van der Waals surface area (Å²) in [5, 5.41) is 9.81. The molecule has 0 unspecified atom stereocenters. The number of rotatable bonds is 6. The van der Waals surface area contributed by atoms with E-state index >= 15 is 0 Å². The summed E-state index contributed by atoms with van der Waals surface area (Å²) in [6.45, 7) is 6.02. The molecule has 0 aliphatic heterocycles. The number of benzene rings is 1. The van der Waals surface area contributed by atoms with Crippen LogP contribution in [0.4, 0.5) is 0 Å². The number of carbonyl (C=O) groups is 2. The van der Waals surface area contributed by atoms with E-state index in [1.165, 1.54) is 6.07 Å². The largest absolute Gasteiger partial charge is 0.493 e. The summed E-state index contributed by atoms with van der Waals surface area (Å²) in [5.74, 6) is -0.589. The lowest BCUT2D eigenvalue weighted by molar-refractivity contribution is 0.0690. The van der Waals surface area contributed by atoms with Gasteiger partial charge in [0.1, 0.15) is 5.75 Å². The predicted octanol–water partition coefficient (Wildman–Crippen LogP) is 3.62. The molecule has 0 saturated carbocycles. The number of aromatic nitrogens is 1. The minimum absolute atomic E-state index is 0.0667. The van der Waals surface area contributed by atoms with E-state index in [0.717, 1.165) is 12.0 Å². The van der Waals surface area contributed by atoms with Crippen LogP contribution >= 0.6 is 0 Å². The molecule has 1 N–H and O–H groups in total. The van der Waals surface area contributed by atoms with E-state index < -0.39 is 5.97 Å². The summed E-state index contributed by atoms with van der Waals surface area (Å²) in [7, 11) is 0. The van der Waals surface area contributed by atoms with Gasteiger partial charge in [0.2, 0.25) is 0 Å². The number of aryl methyl sites for hydroxylation is 1. The first-order valence-electron chi connectivity index (χ1n) is 7.32. The van der Waals surface area contributed by atoms with Gasteiger partial charge < -0.3 is 9.84 Å². The molecule has 0 fully saturated rings. The molecule has 0 saturated heterocycles. The lowest BCUT2D eigenvalue weighted by Gasteiger charge is -2.12. The molecule has 0 spiro atoms. The Balaban J connectivity index is 2.68. The van der Waals surface area contributed by atoms with Crippen molar-refractivity contribution >= 4 is 22.7 Å². The summed E-state index contributed by atoms with van der Waals surface area (Å²) in [4.78, 5) is 27.5. The molecule has 5 heteroatoms. The van der Waals surface area contributed by atoms with Crippen LogP contribution in [0, 0.1) is 6.92 Å². The van der Waals surface area contributed by atoms with Crippen molar-refractivity contribution in [3.8, 4) is 5.75 Å². The monoisotopic (exact) mass is 301 g/mol. The van der Waals surface area contributed by atoms with E-state index in [0.29, 0.717) is 35.2 Å². The summed E-state index contributed by atoms with van der Waals surface area (Å²) in [6.07, 6.45) is 1.27. The number of ether oxygens (including phenoxy) is 1. The highest BCUT2D eigenvalue weighted by Crippen LogP contribution is 2.29. The maximum Gasteiger partial charge on any atom is 0.354 e. The number of carboxylic acid groups (broad SMARTS) is 1. The zero-order valence-corrected chi connectivity index (χ0v) is 13.0. The first-order valence-corrected chi connectivity index (χ1v) is 7.32. The van der Waals surface area contributed by atoms with E-state index in [2.05, 4.69) is 4.98 Å². The second-order valence-corrected chi connectivity index (χ2v) is 5.10. The van der Waals surface area contributed by atoms with Crippen molar-refractivity contribution in [2.24, 2.45) is 0 Å². The fourth-order valence-electron chi connectivity index (χ4n) is 2.39. The van der Waals surface area contributed by atoms with Crippen LogP contribution in [0.3, 0.4) is 0 Å². The van der Waals surface area contributed by atoms with Gasteiger partial charge in [-0.25, -0.2) is 9.78 Å². The van der Waals surface area contributed by atoms with Crippen molar-refractivity contribution in [3.05, 3.63) is 35.0 Å². The average molecular weight is 301 g/mol. The summed E-state index contributed by atoms with van der Waals surface area (Å²) >= 11 is 0. The van der Waals surface area contributed by atoms with Gasteiger partial charge in [0.15, 0.2) is 11.5 Å². The van der Waals surface area contributed by atoms with Crippen molar-refractivity contribution in [2.45, 2.75) is 33.6 Å². The van der Waals surface area contributed by atoms with Gasteiger partial charge >= 0.3 is 5.97 Å². The molecule has 5 nitrogen and oxygen atoms in total. The summed E-state index contributed by atoms with van der Waals surface area (Å²) in [6, 6.07) is 4.90. The number of pyridine rings is 1. The normalized spacial score (nSPS) is 10.7. The number of ketones is 1. The van der Waals surface area contributed by atoms with Crippen LogP contribution < -0.4 is 4.74 Å². The van der Waals surface area contributed by atoms with Crippen LogP contribution in [0.2, 0.25) is 0 Å². The van der Waals surface area contributed by atoms with Crippen LogP contribution in [0.5, 0.6) is 5.75 Å². The quantitative estimate of drug-likeness (QED) is 0.825. The van der Waals surface area contributed by atoms with E-state index in [1.807, 2.05) is 20.8 Å². The maximum absolute atomic E-state index is 12.2. The smallest absolute Gasteiger partial charge is 0.354 e. The van der Waals surface area contributed by atoms with Crippen molar-refractivity contribution in [3.63, 3.8) is 0 Å². The third kappa shape index (κ3) is 3.08. The van der Waals surface area contributed by atoms with Crippen molar-refractivity contribution < 1.29 is 19.4 Å². The zero-order chi connectivity index (χ0) is 16.3. The van der Waals surface area contributed by atoms with Gasteiger partial charge in [-0.05, 0) is 38.0 Å². The Morgan fingerprint density at radius 1 is 1.23 bits per heavy atom. The van der Waals surface area contributed by atoms with E-state index in [-0.39, 0.29) is 11.5 Å². The SMILES string of the molecule is CCCC(=O)c1cc2c(OCC)cc(C(=O)O)nc2cc1C. The number of nitrogens with zero attached hydrogens (tertiary/aromatic N) is 1. The van der Waals surface area contributed by atoms with Crippen LogP contribution in [0.25, 0.3) is 10.9 Å². The van der Waals surface area contributed by atoms with Crippen molar-refractivity contribution in [1.82, 2.24) is 4.98 Å². The van der Waals surface area contributed by atoms with Crippen LogP contribution in [-0.4, -0.2) is 28.4 Å². The second kappa shape index (κ2) is 6.56. The molecule has 0 radical (unpaired) electrons. The lowest BCUT2D eigenvalue weighted by Crippen LogP contribution is -2.06. The fraction of sp³-hybridized carbons (Fsp3) is 0.353. The molecular weight excluding hydrogens is 282 g/mol. The number of hydrogen-bond donors (Lipinski definition) is 1. The molecule has 22 heavy (non-hydrogen) atoms. The number of Topliss-reactive ketones (excluding diaryl/α,β-unsaturated/α-hetero) is 1. The molecule has 1 heterocycles. The predicted molar refractivity (Wildman–Crippen MR) is 83.8 cm³/mol. The first kappa shape index (κ1) is 15.9. The van der Waals surface area contributed by atoms with Crippen molar-refractivity contribution in [2.75, 3.05) is 6.61 Å². The van der Waals surface area contributed by atoms with E-state index in [9.17, 15) is 9.59 Å². The van der Waals surface area contributed by atoms with Gasteiger partial charge in [-0.15, -0.1) is 0 Å². The maximum atomic E-state index is 12.2. The standard InChI is InChI=1S/C17H19NO4/c1-4-6-15(19)11-8-12-13(7-10(11)3)18-14(17(20)21)9-16(12)22-5-2/h7-9H,4-6H2,1-3H3,(H,20,21). The molecule has 0 atom stereocenters. The van der Waals surface area contributed by atoms with Gasteiger partial charge in [-0.1, -0.05) is 6.92 Å². The first-order chi connectivity index (χ1) is 10.5. The Labute approximate surface area is 128 Å². The highest BCUT2D eigenvalue weighted by molar-refractivity contribution is 6.02. The van der Waals surface area contributed by atoms with E-state index in [1.54, 1.807) is 12.1 Å². The molecule has 1 aromatic heterocycles. The van der Waals surface area contributed by atoms with Gasteiger partial charge in [0.25, 0.3) is 0 Å². The Hall–Kier alpha value is -2.43. The number of aromatic carboxylic acids is 1. The summed E-state index contributed by atoms with van der Waals surface area (Å²) in [5.41, 5.74) is 1.89. The Morgan fingerprint density at radius 2 is 1.95 bits per heavy atom. The second-order valence-electron chi connectivity index (χ2n) is 5.10. The lowest BCUT2D eigenvalue weighted by atomic mass is 9.98. The molecule has 0 aliphatic rings. The molecule has 116 valence electrons. The Kier molecular flexibility index (Phi) is 4.75. The highest BCUT2D eigenvalue weighted by atomic mass is 16.5.